The molecule has 0 amide bonds. The maximum absolute atomic E-state index is 11.6. The highest BCUT2D eigenvalue weighted by atomic mass is 32.1. The largest absolute Gasteiger partial charge is 0.464 e. The zero-order chi connectivity index (χ0) is 13.7. The van der Waals surface area contributed by atoms with Crippen molar-refractivity contribution in [2.24, 2.45) is 0 Å². The molecule has 0 aliphatic rings. The van der Waals surface area contributed by atoms with E-state index in [4.69, 9.17) is 4.74 Å². The van der Waals surface area contributed by atoms with Crippen molar-refractivity contribution in [3.63, 3.8) is 0 Å². The predicted molar refractivity (Wildman–Crippen MR) is 70.1 cm³/mol. The molecule has 0 spiro atoms. The lowest BCUT2D eigenvalue weighted by molar-refractivity contribution is 0.0588. The summed E-state index contributed by atoms with van der Waals surface area (Å²) in [5, 5.41) is 9.90. The van der Waals surface area contributed by atoms with Crippen molar-refractivity contribution in [1.29, 1.82) is 0 Å². The van der Waals surface area contributed by atoms with Crippen molar-refractivity contribution in [3.05, 3.63) is 33.8 Å². The molecule has 0 saturated heterocycles. The topological polar surface area (TPSA) is 66.2 Å². The van der Waals surface area contributed by atoms with E-state index in [1.165, 1.54) is 12.0 Å². The standard InChI is InChI=1S/C12H15N3O3S/c1-17-8-10-11(12(16)18-2)13-14-15(10)6-5-9-4-3-7-19-9/h3-4,7H,5-6,8H2,1-2H3. The highest BCUT2D eigenvalue weighted by Gasteiger charge is 2.20. The second kappa shape index (κ2) is 6.44. The van der Waals surface area contributed by atoms with Gasteiger partial charge in [0.05, 0.1) is 19.4 Å². The Morgan fingerprint density at radius 1 is 1.47 bits per heavy atom. The highest BCUT2D eigenvalue weighted by molar-refractivity contribution is 7.09. The monoisotopic (exact) mass is 281 g/mol. The van der Waals surface area contributed by atoms with E-state index >= 15 is 0 Å². The summed E-state index contributed by atoms with van der Waals surface area (Å²) in [7, 11) is 2.89. The van der Waals surface area contributed by atoms with E-state index in [-0.39, 0.29) is 12.3 Å². The van der Waals surface area contributed by atoms with E-state index in [0.29, 0.717) is 12.2 Å². The van der Waals surface area contributed by atoms with Gasteiger partial charge in [-0.05, 0) is 11.4 Å². The van der Waals surface area contributed by atoms with Gasteiger partial charge in [-0.3, -0.25) is 0 Å². The average molecular weight is 281 g/mol. The summed E-state index contributed by atoms with van der Waals surface area (Å²) in [4.78, 5) is 12.8. The SMILES string of the molecule is COCc1c(C(=O)OC)nnn1CCc1cccs1. The number of carbonyl (C=O) groups is 1. The molecule has 102 valence electrons. The van der Waals surface area contributed by atoms with E-state index < -0.39 is 5.97 Å². The molecule has 0 fully saturated rings. The molecule has 0 radical (unpaired) electrons. The zero-order valence-corrected chi connectivity index (χ0v) is 11.6. The third kappa shape index (κ3) is 3.18. The van der Waals surface area contributed by atoms with Gasteiger partial charge in [0.1, 0.15) is 0 Å². The first-order valence-corrected chi connectivity index (χ1v) is 6.66. The molecule has 7 heteroatoms. The summed E-state index contributed by atoms with van der Waals surface area (Å²) < 4.78 is 11.5. The molecular formula is C12H15N3O3S. The first-order valence-electron chi connectivity index (χ1n) is 5.78. The molecule has 0 aliphatic heterocycles. The Morgan fingerprint density at radius 3 is 2.95 bits per heavy atom. The van der Waals surface area contributed by atoms with Gasteiger partial charge in [-0.1, -0.05) is 11.3 Å². The smallest absolute Gasteiger partial charge is 0.360 e. The maximum atomic E-state index is 11.6. The molecule has 2 heterocycles. The number of aromatic nitrogens is 3. The zero-order valence-electron chi connectivity index (χ0n) is 10.8. The fraction of sp³-hybridized carbons (Fsp3) is 0.417. The van der Waals surface area contributed by atoms with E-state index in [0.717, 1.165) is 6.42 Å². The Hall–Kier alpha value is -1.73. The summed E-state index contributed by atoms with van der Waals surface area (Å²) in [6, 6.07) is 4.08. The van der Waals surface area contributed by atoms with Crippen LogP contribution in [0.2, 0.25) is 0 Å². The van der Waals surface area contributed by atoms with E-state index in [1.54, 1.807) is 23.1 Å². The summed E-state index contributed by atoms with van der Waals surface area (Å²) in [5.41, 5.74) is 0.862. The second-order valence-corrected chi connectivity index (χ2v) is 4.89. The Kier molecular flexibility index (Phi) is 4.64. The maximum Gasteiger partial charge on any atom is 0.360 e. The minimum atomic E-state index is -0.491. The van der Waals surface area contributed by atoms with Gasteiger partial charge in [-0.2, -0.15) is 0 Å². The van der Waals surface area contributed by atoms with E-state index in [9.17, 15) is 4.79 Å². The fourth-order valence-corrected chi connectivity index (χ4v) is 2.42. The van der Waals surface area contributed by atoms with Gasteiger partial charge in [0.2, 0.25) is 0 Å². The van der Waals surface area contributed by atoms with Crippen LogP contribution in [-0.4, -0.2) is 35.2 Å². The van der Waals surface area contributed by atoms with Crippen LogP contribution in [0.25, 0.3) is 0 Å². The van der Waals surface area contributed by atoms with Crippen LogP contribution in [0.5, 0.6) is 0 Å². The second-order valence-electron chi connectivity index (χ2n) is 3.86. The number of rotatable bonds is 6. The number of ether oxygens (including phenoxy) is 2. The molecule has 0 N–H and O–H groups in total. The molecule has 2 rings (SSSR count). The number of carbonyl (C=O) groups excluding carboxylic acids is 1. The minimum Gasteiger partial charge on any atom is -0.464 e. The lowest BCUT2D eigenvalue weighted by Gasteiger charge is -2.05. The van der Waals surface area contributed by atoms with Crippen molar-refractivity contribution < 1.29 is 14.3 Å². The molecule has 6 nitrogen and oxygen atoms in total. The molecule has 0 saturated carbocycles. The minimum absolute atomic E-state index is 0.218. The van der Waals surface area contributed by atoms with Crippen LogP contribution in [-0.2, 0) is 29.0 Å². The third-order valence-corrected chi connectivity index (χ3v) is 3.58. The molecule has 2 aromatic rings. The summed E-state index contributed by atoms with van der Waals surface area (Å²) >= 11 is 1.69. The third-order valence-electron chi connectivity index (χ3n) is 2.65. The first-order chi connectivity index (χ1) is 9.26. The van der Waals surface area contributed by atoms with Crippen LogP contribution in [0.15, 0.2) is 17.5 Å². The molecule has 0 bridgehead atoms. The van der Waals surface area contributed by atoms with Crippen molar-refractivity contribution in [2.45, 2.75) is 19.6 Å². The van der Waals surface area contributed by atoms with Gasteiger partial charge in [0.25, 0.3) is 0 Å². The quantitative estimate of drug-likeness (QED) is 0.751. The number of hydrogen-bond acceptors (Lipinski definition) is 6. The number of methoxy groups -OCH3 is 2. The molecule has 2 aromatic heterocycles. The number of thiophene rings is 1. The predicted octanol–water partition coefficient (Wildman–Crippen LogP) is 1.52. The number of esters is 1. The van der Waals surface area contributed by atoms with Crippen LogP contribution in [0.3, 0.4) is 0 Å². The van der Waals surface area contributed by atoms with Gasteiger partial charge < -0.3 is 9.47 Å². The molecule has 0 aliphatic carbocycles. The molecule has 0 unspecified atom stereocenters. The summed E-state index contributed by atoms with van der Waals surface area (Å²) in [6.07, 6.45) is 0.846. The van der Waals surface area contributed by atoms with E-state index in [2.05, 4.69) is 21.1 Å². The number of hydrogen-bond donors (Lipinski definition) is 0. The van der Waals surface area contributed by atoms with Crippen molar-refractivity contribution in [3.8, 4) is 0 Å². The Labute approximate surface area is 115 Å². The highest BCUT2D eigenvalue weighted by Crippen LogP contribution is 2.13. The van der Waals surface area contributed by atoms with Crippen LogP contribution < -0.4 is 0 Å². The van der Waals surface area contributed by atoms with Gasteiger partial charge in [-0.25, -0.2) is 9.48 Å². The van der Waals surface area contributed by atoms with Gasteiger partial charge in [-0.15, -0.1) is 16.4 Å². The fourth-order valence-electron chi connectivity index (χ4n) is 1.72. The van der Waals surface area contributed by atoms with Gasteiger partial charge in [0, 0.05) is 25.0 Å². The van der Waals surface area contributed by atoms with Crippen LogP contribution in [0, 0.1) is 0 Å². The Balaban J connectivity index is 2.15. The lowest BCUT2D eigenvalue weighted by atomic mass is 10.3. The Morgan fingerprint density at radius 2 is 2.32 bits per heavy atom. The van der Waals surface area contributed by atoms with Gasteiger partial charge >= 0.3 is 5.97 Å². The number of nitrogens with zero attached hydrogens (tertiary/aromatic N) is 3. The van der Waals surface area contributed by atoms with E-state index in [1.807, 2.05) is 11.4 Å². The number of aryl methyl sites for hydroxylation is 2. The lowest BCUT2D eigenvalue weighted by Crippen LogP contribution is -2.11. The van der Waals surface area contributed by atoms with Crippen molar-refractivity contribution in [1.82, 2.24) is 15.0 Å². The van der Waals surface area contributed by atoms with Crippen LogP contribution >= 0.6 is 11.3 Å². The van der Waals surface area contributed by atoms with Crippen LogP contribution in [0.1, 0.15) is 21.1 Å². The van der Waals surface area contributed by atoms with Crippen molar-refractivity contribution >= 4 is 17.3 Å². The Bertz CT molecular complexity index is 536. The molecule has 0 atom stereocenters. The first kappa shape index (κ1) is 13.7. The summed E-state index contributed by atoms with van der Waals surface area (Å²) in [5.74, 6) is -0.491. The van der Waals surface area contributed by atoms with Gasteiger partial charge in [0.15, 0.2) is 5.69 Å². The van der Waals surface area contributed by atoms with Crippen LogP contribution in [0.4, 0.5) is 0 Å². The molecule has 0 aromatic carbocycles. The molecular weight excluding hydrogens is 266 g/mol. The molecule has 19 heavy (non-hydrogen) atoms. The van der Waals surface area contributed by atoms with Crippen molar-refractivity contribution in [2.75, 3.05) is 14.2 Å². The average Bonchev–Trinajstić information content (AvgIpc) is 3.05. The normalized spacial score (nSPS) is 10.6. The summed E-state index contributed by atoms with van der Waals surface area (Å²) in [6.45, 7) is 0.936.